The molecule has 0 spiro atoms. The number of halogens is 2. The fraction of sp³-hybridized carbons (Fsp3) is 0. The normalized spacial score (nSPS) is 11.1. The first kappa shape index (κ1) is 15.7. The van der Waals surface area contributed by atoms with E-state index in [0.717, 1.165) is 5.52 Å². The van der Waals surface area contributed by atoms with Crippen molar-refractivity contribution in [3.8, 4) is 34.1 Å². The number of hydrogen-bond donors (Lipinski definition) is 2. The predicted molar refractivity (Wildman–Crippen MR) is 97.1 cm³/mol. The zero-order chi connectivity index (χ0) is 17.6. The van der Waals surface area contributed by atoms with Crippen molar-refractivity contribution in [2.75, 3.05) is 0 Å². The van der Waals surface area contributed by atoms with Crippen LogP contribution in [0.5, 0.6) is 11.5 Å². The molecule has 0 saturated heterocycles. The third-order valence-electron chi connectivity index (χ3n) is 4.02. The van der Waals surface area contributed by atoms with E-state index in [1.807, 2.05) is 18.2 Å². The summed E-state index contributed by atoms with van der Waals surface area (Å²) in [4.78, 5) is 4.59. The van der Waals surface area contributed by atoms with Gasteiger partial charge in [0.15, 0.2) is 11.6 Å². The predicted octanol–water partition coefficient (Wildman–Crippen LogP) is 4.98. The number of pyridine rings is 1. The third kappa shape index (κ3) is 2.46. The second-order valence-corrected chi connectivity index (χ2v) is 6.37. The Balaban J connectivity index is 2.06. The van der Waals surface area contributed by atoms with Gasteiger partial charge in [-0.15, -0.1) is 0 Å². The SMILES string of the molecule is Oc1c(F)cccc1-c1nc(-c2cccc(Br)c2O)c2ccccn12. The molecular formula is C19H12BrFN2O2. The highest BCUT2D eigenvalue weighted by molar-refractivity contribution is 9.10. The lowest BCUT2D eigenvalue weighted by atomic mass is 10.1. The highest BCUT2D eigenvalue weighted by Gasteiger charge is 2.20. The van der Waals surface area contributed by atoms with Crippen LogP contribution in [0.2, 0.25) is 0 Å². The zero-order valence-electron chi connectivity index (χ0n) is 12.8. The molecule has 2 heterocycles. The van der Waals surface area contributed by atoms with Crippen LogP contribution in [0.4, 0.5) is 4.39 Å². The standard InChI is InChI=1S/C19H12BrFN2O2/c20-13-7-3-5-11(17(13)24)16-15-9-1-2-10-23(15)19(22-16)12-6-4-8-14(21)18(12)25/h1-10,24-25H. The Morgan fingerprint density at radius 3 is 2.48 bits per heavy atom. The van der Waals surface area contributed by atoms with E-state index in [1.165, 1.54) is 12.1 Å². The van der Waals surface area contributed by atoms with Crippen LogP contribution in [-0.2, 0) is 0 Å². The smallest absolute Gasteiger partial charge is 0.165 e. The van der Waals surface area contributed by atoms with Crippen LogP contribution >= 0.6 is 15.9 Å². The zero-order valence-corrected chi connectivity index (χ0v) is 14.4. The number of benzene rings is 2. The van der Waals surface area contributed by atoms with E-state index < -0.39 is 11.6 Å². The first-order chi connectivity index (χ1) is 12.1. The molecule has 25 heavy (non-hydrogen) atoms. The highest BCUT2D eigenvalue weighted by Crippen LogP contribution is 2.39. The van der Waals surface area contributed by atoms with Crippen molar-refractivity contribution in [1.82, 2.24) is 9.38 Å². The van der Waals surface area contributed by atoms with Crippen molar-refractivity contribution in [2.45, 2.75) is 0 Å². The maximum absolute atomic E-state index is 13.8. The Kier molecular flexibility index (Phi) is 3.69. The van der Waals surface area contributed by atoms with Gasteiger partial charge in [-0.1, -0.05) is 18.2 Å². The van der Waals surface area contributed by atoms with Crippen molar-refractivity contribution < 1.29 is 14.6 Å². The van der Waals surface area contributed by atoms with Crippen LogP contribution in [0, 0.1) is 5.82 Å². The Bertz CT molecular complexity index is 1020. The Labute approximate surface area is 151 Å². The minimum atomic E-state index is -0.711. The number of fused-ring (bicyclic) bond motifs is 1. The third-order valence-corrected chi connectivity index (χ3v) is 4.66. The molecule has 6 heteroatoms. The summed E-state index contributed by atoms with van der Waals surface area (Å²) in [6.07, 6.45) is 1.78. The molecule has 0 saturated carbocycles. The largest absolute Gasteiger partial charge is 0.506 e. The molecule has 2 aromatic carbocycles. The highest BCUT2D eigenvalue weighted by atomic mass is 79.9. The van der Waals surface area contributed by atoms with Gasteiger partial charge in [-0.25, -0.2) is 9.37 Å². The van der Waals surface area contributed by atoms with Crippen LogP contribution in [0.15, 0.2) is 65.3 Å². The van der Waals surface area contributed by atoms with Crippen LogP contribution in [-0.4, -0.2) is 19.6 Å². The lowest BCUT2D eigenvalue weighted by molar-refractivity contribution is 0.434. The summed E-state index contributed by atoms with van der Waals surface area (Å²) in [6.45, 7) is 0. The summed E-state index contributed by atoms with van der Waals surface area (Å²) < 4.78 is 16.1. The van der Waals surface area contributed by atoms with E-state index >= 15 is 0 Å². The number of nitrogens with zero attached hydrogens (tertiary/aromatic N) is 2. The summed E-state index contributed by atoms with van der Waals surface area (Å²) in [5.41, 5.74) is 2.09. The Morgan fingerprint density at radius 2 is 1.64 bits per heavy atom. The summed E-state index contributed by atoms with van der Waals surface area (Å²) >= 11 is 3.31. The number of aromatic nitrogens is 2. The monoisotopic (exact) mass is 398 g/mol. The van der Waals surface area contributed by atoms with E-state index in [2.05, 4.69) is 20.9 Å². The van der Waals surface area contributed by atoms with Gasteiger partial charge in [-0.3, -0.25) is 4.40 Å². The van der Waals surface area contributed by atoms with Gasteiger partial charge in [-0.05, 0) is 52.3 Å². The lowest BCUT2D eigenvalue weighted by Crippen LogP contribution is -1.90. The Morgan fingerprint density at radius 1 is 0.880 bits per heavy atom. The Hall–Kier alpha value is -2.86. The van der Waals surface area contributed by atoms with E-state index in [-0.39, 0.29) is 11.3 Å². The van der Waals surface area contributed by atoms with Gasteiger partial charge in [0.25, 0.3) is 0 Å². The van der Waals surface area contributed by atoms with Crippen molar-refractivity contribution in [3.63, 3.8) is 0 Å². The maximum Gasteiger partial charge on any atom is 0.165 e. The fourth-order valence-corrected chi connectivity index (χ4v) is 3.19. The van der Waals surface area contributed by atoms with Gasteiger partial charge < -0.3 is 10.2 Å². The van der Waals surface area contributed by atoms with Gasteiger partial charge >= 0.3 is 0 Å². The molecule has 4 rings (SSSR count). The molecular weight excluding hydrogens is 387 g/mol. The number of imidazole rings is 1. The van der Waals surface area contributed by atoms with E-state index in [9.17, 15) is 14.6 Å². The molecule has 0 atom stereocenters. The van der Waals surface area contributed by atoms with Gasteiger partial charge in [0.2, 0.25) is 0 Å². The van der Waals surface area contributed by atoms with Crippen molar-refractivity contribution >= 4 is 21.4 Å². The van der Waals surface area contributed by atoms with Gasteiger partial charge in [0, 0.05) is 11.8 Å². The molecule has 0 bridgehead atoms. The number of rotatable bonds is 2. The number of para-hydroxylation sites is 2. The summed E-state index contributed by atoms with van der Waals surface area (Å²) in [7, 11) is 0. The first-order valence-corrected chi connectivity index (χ1v) is 8.30. The second-order valence-electron chi connectivity index (χ2n) is 5.51. The minimum Gasteiger partial charge on any atom is -0.506 e. The number of hydrogen-bond acceptors (Lipinski definition) is 3. The molecule has 2 aromatic heterocycles. The molecule has 124 valence electrons. The van der Waals surface area contributed by atoms with E-state index in [0.29, 0.717) is 21.6 Å². The quantitative estimate of drug-likeness (QED) is 0.500. The summed E-state index contributed by atoms with van der Waals surface area (Å²) in [5.74, 6) is -0.705. The summed E-state index contributed by atoms with van der Waals surface area (Å²) in [6, 6.07) is 15.1. The van der Waals surface area contributed by atoms with Gasteiger partial charge in [0.05, 0.1) is 15.6 Å². The average Bonchev–Trinajstić information content (AvgIpc) is 2.99. The van der Waals surface area contributed by atoms with Crippen molar-refractivity contribution in [1.29, 1.82) is 0 Å². The minimum absolute atomic E-state index is 0.0707. The number of phenols is 2. The molecule has 0 aliphatic rings. The van der Waals surface area contributed by atoms with Gasteiger partial charge in [-0.2, -0.15) is 0 Å². The lowest BCUT2D eigenvalue weighted by Gasteiger charge is -2.04. The molecule has 4 nitrogen and oxygen atoms in total. The molecule has 0 radical (unpaired) electrons. The maximum atomic E-state index is 13.8. The van der Waals surface area contributed by atoms with Gasteiger partial charge in [0.1, 0.15) is 17.3 Å². The molecule has 2 N–H and O–H groups in total. The molecule has 0 aliphatic heterocycles. The van der Waals surface area contributed by atoms with E-state index in [1.54, 1.807) is 34.9 Å². The first-order valence-electron chi connectivity index (χ1n) is 7.50. The second kappa shape index (κ2) is 5.89. The molecule has 4 aromatic rings. The van der Waals surface area contributed by atoms with Crippen LogP contribution in [0.25, 0.3) is 28.2 Å². The van der Waals surface area contributed by atoms with Crippen molar-refractivity contribution in [2.24, 2.45) is 0 Å². The number of aromatic hydroxyl groups is 2. The molecule has 0 fully saturated rings. The molecule has 0 unspecified atom stereocenters. The fourth-order valence-electron chi connectivity index (χ4n) is 2.83. The summed E-state index contributed by atoms with van der Waals surface area (Å²) in [5, 5.41) is 20.5. The van der Waals surface area contributed by atoms with Crippen LogP contribution < -0.4 is 0 Å². The molecule has 0 aliphatic carbocycles. The molecule has 0 amide bonds. The number of phenolic OH excluding ortho intramolecular Hbond substituents is 2. The van der Waals surface area contributed by atoms with E-state index in [4.69, 9.17) is 0 Å². The van der Waals surface area contributed by atoms with Crippen LogP contribution in [0.3, 0.4) is 0 Å². The topological polar surface area (TPSA) is 57.8 Å². The average molecular weight is 399 g/mol. The van der Waals surface area contributed by atoms with Crippen molar-refractivity contribution in [3.05, 3.63) is 71.1 Å². The van der Waals surface area contributed by atoms with Crippen LogP contribution in [0.1, 0.15) is 0 Å².